The molecule has 1 saturated heterocycles. The molecular weight excluding hydrogens is 529 g/mol. The van der Waals surface area contributed by atoms with Gasteiger partial charge in [0, 0.05) is 51.3 Å². The number of rotatable bonds is 7. The Morgan fingerprint density at radius 3 is 2.52 bits per heavy atom. The van der Waals surface area contributed by atoms with E-state index in [1.807, 2.05) is 23.0 Å². The molecule has 33 heavy (non-hydrogen) atoms. The Hall–Kier alpha value is -3.08. The Morgan fingerprint density at radius 1 is 1.06 bits per heavy atom. The van der Waals surface area contributed by atoms with Crippen LogP contribution in [0.25, 0.3) is 0 Å². The van der Waals surface area contributed by atoms with Gasteiger partial charge in [0.1, 0.15) is 0 Å². The first-order valence-corrected chi connectivity index (χ1v) is 10.8. The van der Waals surface area contributed by atoms with Crippen LogP contribution in [0.1, 0.15) is 16.7 Å². The lowest BCUT2D eigenvalue weighted by atomic mass is 10.1. The minimum absolute atomic E-state index is 0. The highest BCUT2D eigenvalue weighted by atomic mass is 127. The maximum Gasteiger partial charge on any atom is 0.239 e. The lowest BCUT2D eigenvalue weighted by Crippen LogP contribution is -2.47. The molecule has 174 valence electrons. The number of benzene rings is 2. The first-order valence-electron chi connectivity index (χ1n) is 10.8. The Balaban J connectivity index is 0.00000306. The molecule has 2 aromatic carbocycles. The highest BCUT2D eigenvalue weighted by Gasteiger charge is 2.16. The van der Waals surface area contributed by atoms with Crippen LogP contribution < -0.4 is 20.9 Å². The highest BCUT2D eigenvalue weighted by molar-refractivity contribution is 14.0. The van der Waals surface area contributed by atoms with Gasteiger partial charge in [-0.15, -0.1) is 24.0 Å². The fourth-order valence-electron chi connectivity index (χ4n) is 3.72. The number of aliphatic imine (C=N–C) groups is 1. The van der Waals surface area contributed by atoms with E-state index in [1.165, 1.54) is 11.1 Å². The molecule has 3 aromatic rings. The van der Waals surface area contributed by atoms with Crippen LogP contribution in [0.2, 0.25) is 0 Å². The lowest BCUT2D eigenvalue weighted by Gasteiger charge is -2.28. The molecule has 9 heteroatoms. The highest BCUT2D eigenvalue weighted by Crippen LogP contribution is 2.16. The zero-order chi connectivity index (χ0) is 22.2. The van der Waals surface area contributed by atoms with Gasteiger partial charge in [-0.1, -0.05) is 36.4 Å². The SMILES string of the molecule is CN=C(NCc1ccc(N2CCNC(=O)C2)cc1)NCc1ccccc1Cn1cccn1.I. The van der Waals surface area contributed by atoms with Crippen LogP contribution in [-0.4, -0.2) is 48.3 Å². The zero-order valence-electron chi connectivity index (χ0n) is 18.7. The minimum Gasteiger partial charge on any atom is -0.360 e. The quantitative estimate of drug-likeness (QED) is 0.235. The van der Waals surface area contributed by atoms with Gasteiger partial charge in [0.25, 0.3) is 0 Å². The van der Waals surface area contributed by atoms with Crippen molar-refractivity contribution < 1.29 is 4.79 Å². The van der Waals surface area contributed by atoms with Gasteiger partial charge >= 0.3 is 0 Å². The van der Waals surface area contributed by atoms with Gasteiger partial charge in [-0.2, -0.15) is 5.10 Å². The summed E-state index contributed by atoms with van der Waals surface area (Å²) in [6, 6.07) is 18.6. The first kappa shape index (κ1) is 24.6. The predicted molar refractivity (Wildman–Crippen MR) is 142 cm³/mol. The van der Waals surface area contributed by atoms with E-state index in [2.05, 4.69) is 73.4 Å². The van der Waals surface area contributed by atoms with Gasteiger partial charge in [0.15, 0.2) is 5.96 Å². The van der Waals surface area contributed by atoms with Crippen LogP contribution in [0.15, 0.2) is 72.0 Å². The van der Waals surface area contributed by atoms with Crippen molar-refractivity contribution in [3.05, 3.63) is 83.7 Å². The van der Waals surface area contributed by atoms with Crippen molar-refractivity contribution in [3.8, 4) is 0 Å². The van der Waals surface area contributed by atoms with Crippen LogP contribution in [-0.2, 0) is 24.4 Å². The molecule has 0 saturated carbocycles. The first-order chi connectivity index (χ1) is 15.7. The van der Waals surface area contributed by atoms with Crippen molar-refractivity contribution in [2.45, 2.75) is 19.6 Å². The molecule has 2 heterocycles. The monoisotopic (exact) mass is 559 g/mol. The maximum absolute atomic E-state index is 11.6. The molecule has 0 bridgehead atoms. The van der Waals surface area contributed by atoms with Crippen LogP contribution in [0.3, 0.4) is 0 Å². The van der Waals surface area contributed by atoms with E-state index >= 15 is 0 Å². The second-order valence-electron chi connectivity index (χ2n) is 7.69. The Labute approximate surface area is 211 Å². The van der Waals surface area contributed by atoms with E-state index in [0.717, 1.165) is 30.3 Å². The van der Waals surface area contributed by atoms with Crippen LogP contribution >= 0.6 is 24.0 Å². The van der Waals surface area contributed by atoms with Gasteiger partial charge in [-0.25, -0.2) is 0 Å². The number of guanidine groups is 1. The maximum atomic E-state index is 11.6. The molecule has 1 aromatic heterocycles. The topological polar surface area (TPSA) is 86.6 Å². The summed E-state index contributed by atoms with van der Waals surface area (Å²) in [7, 11) is 1.77. The number of aromatic nitrogens is 2. The molecule has 0 atom stereocenters. The van der Waals surface area contributed by atoms with Crippen molar-refractivity contribution in [2.75, 3.05) is 31.6 Å². The number of nitrogens with zero attached hydrogens (tertiary/aromatic N) is 4. The Bertz CT molecular complexity index is 1050. The van der Waals surface area contributed by atoms with Crippen molar-refractivity contribution in [1.29, 1.82) is 0 Å². The van der Waals surface area contributed by atoms with Crippen molar-refractivity contribution in [2.24, 2.45) is 4.99 Å². The fourth-order valence-corrected chi connectivity index (χ4v) is 3.72. The zero-order valence-corrected chi connectivity index (χ0v) is 21.0. The molecule has 1 aliphatic heterocycles. The van der Waals surface area contributed by atoms with Gasteiger partial charge in [0.05, 0.1) is 13.1 Å². The second-order valence-corrected chi connectivity index (χ2v) is 7.69. The number of amides is 1. The van der Waals surface area contributed by atoms with E-state index in [0.29, 0.717) is 26.2 Å². The molecule has 1 amide bonds. The number of carbonyl (C=O) groups excluding carboxylic acids is 1. The number of carbonyl (C=O) groups is 1. The smallest absolute Gasteiger partial charge is 0.239 e. The summed E-state index contributed by atoms with van der Waals surface area (Å²) < 4.78 is 1.92. The summed E-state index contributed by atoms with van der Waals surface area (Å²) in [5.41, 5.74) is 4.65. The van der Waals surface area contributed by atoms with E-state index in [1.54, 1.807) is 13.2 Å². The molecular formula is C24H30IN7O. The number of hydrogen-bond acceptors (Lipinski definition) is 4. The second kappa shape index (κ2) is 12.2. The molecule has 1 fully saturated rings. The Kier molecular flexibility index (Phi) is 9.11. The molecule has 3 N–H and O–H groups in total. The number of anilines is 1. The van der Waals surface area contributed by atoms with Crippen molar-refractivity contribution in [3.63, 3.8) is 0 Å². The minimum atomic E-state index is 0. The summed E-state index contributed by atoms with van der Waals surface area (Å²) in [6.45, 7) is 4.01. The largest absolute Gasteiger partial charge is 0.360 e. The molecule has 4 rings (SSSR count). The van der Waals surface area contributed by atoms with E-state index in [-0.39, 0.29) is 29.9 Å². The van der Waals surface area contributed by atoms with E-state index < -0.39 is 0 Å². The van der Waals surface area contributed by atoms with Gasteiger partial charge in [-0.3, -0.25) is 14.5 Å². The standard InChI is InChI=1S/C24H29N7O.HI/c1-25-24(28-16-20-5-2-3-6-21(20)17-31-13-4-11-29-31)27-15-19-7-9-22(10-8-19)30-14-12-26-23(32)18-30;/h2-11,13H,12,14-18H2,1H3,(H,26,32)(H2,25,27,28);1H. The summed E-state index contributed by atoms with van der Waals surface area (Å²) in [4.78, 5) is 18.0. The van der Waals surface area contributed by atoms with Crippen molar-refractivity contribution in [1.82, 2.24) is 25.7 Å². The predicted octanol–water partition coefficient (Wildman–Crippen LogP) is 2.35. The third-order valence-corrected chi connectivity index (χ3v) is 5.48. The molecule has 0 radical (unpaired) electrons. The summed E-state index contributed by atoms with van der Waals surface area (Å²) in [5.74, 6) is 0.818. The summed E-state index contributed by atoms with van der Waals surface area (Å²) in [5, 5.41) is 13.9. The third-order valence-electron chi connectivity index (χ3n) is 5.48. The van der Waals surface area contributed by atoms with E-state index in [9.17, 15) is 4.79 Å². The molecule has 0 spiro atoms. The molecule has 8 nitrogen and oxygen atoms in total. The lowest BCUT2D eigenvalue weighted by molar-refractivity contribution is -0.120. The van der Waals surface area contributed by atoms with Gasteiger partial charge in [0.2, 0.25) is 5.91 Å². The molecule has 0 aliphatic carbocycles. The van der Waals surface area contributed by atoms with Crippen LogP contribution in [0.5, 0.6) is 0 Å². The number of hydrogen-bond donors (Lipinski definition) is 3. The van der Waals surface area contributed by atoms with E-state index in [4.69, 9.17) is 0 Å². The number of nitrogens with one attached hydrogen (secondary N) is 3. The third kappa shape index (κ3) is 6.95. The number of piperazine rings is 1. The average Bonchev–Trinajstić information content (AvgIpc) is 3.34. The fraction of sp³-hybridized carbons (Fsp3) is 0.292. The molecule has 0 unspecified atom stereocenters. The summed E-state index contributed by atoms with van der Waals surface area (Å²) >= 11 is 0. The Morgan fingerprint density at radius 2 is 1.82 bits per heavy atom. The van der Waals surface area contributed by atoms with Crippen LogP contribution in [0, 0.1) is 0 Å². The normalized spacial score (nSPS) is 13.8. The van der Waals surface area contributed by atoms with Gasteiger partial charge in [-0.05, 0) is 34.9 Å². The summed E-state index contributed by atoms with van der Waals surface area (Å²) in [6.07, 6.45) is 3.76. The number of halogens is 1. The molecule has 1 aliphatic rings. The van der Waals surface area contributed by atoms with Crippen LogP contribution in [0.4, 0.5) is 5.69 Å². The van der Waals surface area contributed by atoms with Crippen molar-refractivity contribution >= 4 is 41.5 Å². The van der Waals surface area contributed by atoms with Gasteiger partial charge < -0.3 is 20.9 Å². The average molecular weight is 559 g/mol.